The van der Waals surface area contributed by atoms with Gasteiger partial charge in [-0.25, -0.2) is 4.79 Å². The molecule has 1 fully saturated rings. The average molecular weight is 318 g/mol. The normalized spacial score (nSPS) is 13.7. The summed E-state index contributed by atoms with van der Waals surface area (Å²) >= 11 is 0. The highest BCUT2D eigenvalue weighted by molar-refractivity contribution is 6.01. The van der Waals surface area contributed by atoms with Gasteiger partial charge in [0.15, 0.2) is 0 Å². The van der Waals surface area contributed by atoms with Crippen molar-refractivity contribution >= 4 is 22.5 Å². The Labute approximate surface area is 140 Å². The number of amides is 2. The molecule has 0 bridgehead atoms. The second-order valence-corrected chi connectivity index (χ2v) is 6.01. The van der Waals surface area contributed by atoms with Crippen LogP contribution in [0.25, 0.3) is 10.8 Å². The molecule has 0 saturated heterocycles. The number of nitrogens with one attached hydrogen (secondary N) is 1. The highest BCUT2D eigenvalue weighted by Crippen LogP contribution is 2.29. The molecule has 0 radical (unpaired) electrons. The minimum Gasteiger partial charge on any atom is -0.316 e. The van der Waals surface area contributed by atoms with Crippen LogP contribution in [0.2, 0.25) is 0 Å². The van der Waals surface area contributed by atoms with Gasteiger partial charge in [0.1, 0.15) is 0 Å². The van der Waals surface area contributed by atoms with E-state index in [9.17, 15) is 4.79 Å². The number of carbonyl (C=O) groups is 1. The monoisotopic (exact) mass is 318 g/mol. The van der Waals surface area contributed by atoms with E-state index in [1.165, 1.54) is 0 Å². The van der Waals surface area contributed by atoms with Gasteiger partial charge in [0.25, 0.3) is 0 Å². The molecule has 1 aliphatic rings. The first-order valence-electron chi connectivity index (χ1n) is 8.11. The zero-order chi connectivity index (χ0) is 16.4. The Balaban J connectivity index is 1.57. The third kappa shape index (κ3) is 3.06. The Morgan fingerprint density at radius 3 is 2.83 bits per heavy atom. The molecule has 3 aromatic rings. The number of rotatable bonds is 4. The molecule has 0 unspecified atom stereocenters. The zero-order valence-electron chi connectivity index (χ0n) is 13.2. The zero-order valence-corrected chi connectivity index (χ0v) is 13.2. The molecular weight excluding hydrogens is 300 g/mol. The molecule has 1 aliphatic carbocycles. The van der Waals surface area contributed by atoms with Crippen molar-refractivity contribution in [1.82, 2.24) is 14.9 Å². The fourth-order valence-electron chi connectivity index (χ4n) is 2.84. The minimum absolute atomic E-state index is 0.0764. The highest BCUT2D eigenvalue weighted by Gasteiger charge is 2.33. The van der Waals surface area contributed by atoms with Crippen LogP contribution in [0.4, 0.5) is 10.5 Å². The highest BCUT2D eigenvalue weighted by atomic mass is 16.2. The van der Waals surface area contributed by atoms with Gasteiger partial charge in [-0.1, -0.05) is 18.2 Å². The summed E-state index contributed by atoms with van der Waals surface area (Å²) in [6.07, 6.45) is 7.41. The number of carbonyl (C=O) groups excluding carboxylic acids is 1. The van der Waals surface area contributed by atoms with Crippen LogP contribution in [0.1, 0.15) is 18.5 Å². The molecule has 5 nitrogen and oxygen atoms in total. The largest absolute Gasteiger partial charge is 0.322 e. The molecule has 0 atom stereocenters. The Morgan fingerprint density at radius 2 is 2.04 bits per heavy atom. The molecule has 1 saturated carbocycles. The lowest BCUT2D eigenvalue weighted by molar-refractivity contribution is 0.205. The predicted octanol–water partition coefficient (Wildman–Crippen LogP) is 3.83. The molecule has 1 N–H and O–H groups in total. The average Bonchev–Trinajstić information content (AvgIpc) is 3.46. The van der Waals surface area contributed by atoms with Gasteiger partial charge in [-0.15, -0.1) is 0 Å². The van der Waals surface area contributed by atoms with Gasteiger partial charge in [-0.3, -0.25) is 9.97 Å². The maximum atomic E-state index is 12.8. The van der Waals surface area contributed by atoms with Crippen LogP contribution in [-0.2, 0) is 6.54 Å². The Hall–Kier alpha value is -2.95. The van der Waals surface area contributed by atoms with Gasteiger partial charge >= 0.3 is 6.03 Å². The third-order valence-corrected chi connectivity index (χ3v) is 4.23. The first-order chi connectivity index (χ1) is 11.8. The van der Waals surface area contributed by atoms with Gasteiger partial charge in [0.2, 0.25) is 0 Å². The molecule has 1 aromatic carbocycles. The number of hydrogen-bond donors (Lipinski definition) is 1. The molecule has 24 heavy (non-hydrogen) atoms. The van der Waals surface area contributed by atoms with Gasteiger partial charge in [0.05, 0.1) is 17.9 Å². The second kappa shape index (κ2) is 6.28. The lowest BCUT2D eigenvalue weighted by atomic mass is 10.1. The Bertz CT molecular complexity index is 856. The molecule has 120 valence electrons. The SMILES string of the molecule is O=C(Nc1cccc2cnccc12)N(Cc1ccccn1)C1CC1. The van der Waals surface area contributed by atoms with Crippen molar-refractivity contribution in [3.8, 4) is 0 Å². The van der Waals surface area contributed by atoms with Gasteiger partial charge in [0, 0.05) is 35.4 Å². The molecule has 2 heterocycles. The Morgan fingerprint density at radius 1 is 1.12 bits per heavy atom. The van der Waals surface area contributed by atoms with Crippen molar-refractivity contribution in [1.29, 1.82) is 0 Å². The van der Waals surface area contributed by atoms with Crippen LogP contribution in [0.15, 0.2) is 61.1 Å². The number of benzene rings is 1. The molecule has 5 heteroatoms. The first-order valence-corrected chi connectivity index (χ1v) is 8.11. The quantitative estimate of drug-likeness (QED) is 0.795. The molecule has 2 amide bonds. The van der Waals surface area contributed by atoms with Crippen molar-refractivity contribution < 1.29 is 4.79 Å². The van der Waals surface area contributed by atoms with Crippen molar-refractivity contribution in [2.24, 2.45) is 0 Å². The van der Waals surface area contributed by atoms with Crippen molar-refractivity contribution in [3.05, 3.63) is 66.7 Å². The summed E-state index contributed by atoms with van der Waals surface area (Å²) in [4.78, 5) is 23.2. The van der Waals surface area contributed by atoms with Crippen LogP contribution in [0, 0.1) is 0 Å². The van der Waals surface area contributed by atoms with Crippen molar-refractivity contribution in [2.45, 2.75) is 25.4 Å². The van der Waals surface area contributed by atoms with Crippen molar-refractivity contribution in [3.63, 3.8) is 0 Å². The molecule has 0 aliphatic heterocycles. The fourth-order valence-corrected chi connectivity index (χ4v) is 2.84. The lowest BCUT2D eigenvalue weighted by Gasteiger charge is -2.23. The summed E-state index contributed by atoms with van der Waals surface area (Å²) in [5, 5.41) is 5.06. The second-order valence-electron chi connectivity index (χ2n) is 6.01. The van der Waals surface area contributed by atoms with Crippen LogP contribution in [-0.4, -0.2) is 26.9 Å². The van der Waals surface area contributed by atoms with E-state index >= 15 is 0 Å². The van der Waals surface area contributed by atoms with Crippen LogP contribution in [0.3, 0.4) is 0 Å². The van der Waals surface area contributed by atoms with E-state index in [0.29, 0.717) is 12.6 Å². The summed E-state index contributed by atoms with van der Waals surface area (Å²) in [5.74, 6) is 0. The summed E-state index contributed by atoms with van der Waals surface area (Å²) in [6.45, 7) is 0.531. The van der Waals surface area contributed by atoms with Gasteiger partial charge < -0.3 is 10.2 Å². The van der Waals surface area contributed by atoms with E-state index in [2.05, 4.69) is 15.3 Å². The number of pyridine rings is 2. The molecule has 4 rings (SSSR count). The lowest BCUT2D eigenvalue weighted by Crippen LogP contribution is -2.36. The smallest absolute Gasteiger partial charge is 0.316 e. The van der Waals surface area contributed by atoms with Crippen LogP contribution in [0.5, 0.6) is 0 Å². The number of hydrogen-bond acceptors (Lipinski definition) is 3. The van der Waals surface area contributed by atoms with E-state index in [1.54, 1.807) is 18.6 Å². The van der Waals surface area contributed by atoms with Gasteiger partial charge in [-0.05, 0) is 37.1 Å². The van der Waals surface area contributed by atoms with E-state index in [1.807, 2.05) is 47.4 Å². The minimum atomic E-state index is -0.0764. The van der Waals surface area contributed by atoms with Crippen LogP contribution >= 0.6 is 0 Å². The molecular formula is C19H18N4O. The number of urea groups is 1. The number of fused-ring (bicyclic) bond motifs is 1. The topological polar surface area (TPSA) is 58.1 Å². The van der Waals surface area contributed by atoms with Crippen molar-refractivity contribution in [2.75, 3.05) is 5.32 Å². The standard InChI is InChI=1S/C19H18N4O/c24-19(22-18-6-3-4-14-12-20-11-9-17(14)18)23(16-7-8-16)13-15-5-1-2-10-21-15/h1-6,9-12,16H,7-8,13H2,(H,22,24). The summed E-state index contributed by atoms with van der Waals surface area (Å²) in [7, 11) is 0. The first kappa shape index (κ1) is 14.6. The number of aromatic nitrogens is 2. The van der Waals surface area contributed by atoms with E-state index < -0.39 is 0 Å². The third-order valence-electron chi connectivity index (χ3n) is 4.23. The maximum Gasteiger partial charge on any atom is 0.322 e. The number of anilines is 1. The summed E-state index contributed by atoms with van der Waals surface area (Å²) in [6, 6.07) is 13.8. The number of nitrogens with zero attached hydrogens (tertiary/aromatic N) is 3. The van der Waals surface area contributed by atoms with E-state index in [4.69, 9.17) is 0 Å². The molecule has 2 aromatic heterocycles. The van der Waals surface area contributed by atoms with E-state index in [-0.39, 0.29) is 6.03 Å². The Kier molecular flexibility index (Phi) is 3.83. The van der Waals surface area contributed by atoms with E-state index in [0.717, 1.165) is 35.0 Å². The maximum absolute atomic E-state index is 12.8. The summed E-state index contributed by atoms with van der Waals surface area (Å²) < 4.78 is 0. The summed E-state index contributed by atoms with van der Waals surface area (Å²) in [5.41, 5.74) is 1.72. The molecule has 0 spiro atoms. The predicted molar refractivity (Wildman–Crippen MR) is 93.6 cm³/mol. The van der Waals surface area contributed by atoms with Crippen LogP contribution < -0.4 is 5.32 Å². The fraction of sp³-hybridized carbons (Fsp3) is 0.211. The van der Waals surface area contributed by atoms with Gasteiger partial charge in [-0.2, -0.15) is 0 Å².